The van der Waals surface area contributed by atoms with Gasteiger partial charge in [-0.2, -0.15) is 0 Å². The van der Waals surface area contributed by atoms with Crippen LogP contribution in [0.3, 0.4) is 0 Å². The van der Waals surface area contributed by atoms with Gasteiger partial charge in [0.15, 0.2) is 0 Å². The zero-order valence-corrected chi connectivity index (χ0v) is 17.7. The van der Waals surface area contributed by atoms with Crippen molar-refractivity contribution in [3.63, 3.8) is 0 Å². The van der Waals surface area contributed by atoms with Crippen molar-refractivity contribution in [3.8, 4) is 28.7 Å². The Hall–Kier alpha value is -4.26. The predicted molar refractivity (Wildman–Crippen MR) is 118 cm³/mol. The van der Waals surface area contributed by atoms with Gasteiger partial charge in [-0.3, -0.25) is 4.79 Å². The molecule has 162 valence electrons. The van der Waals surface area contributed by atoms with Crippen LogP contribution in [0.5, 0.6) is 28.7 Å². The summed E-state index contributed by atoms with van der Waals surface area (Å²) in [5.74, 6) is 1.47. The molecular formula is C25H20O7. The number of methoxy groups -OCH3 is 2. The fraction of sp³-hybridized carbons (Fsp3) is 0.120. The zero-order valence-electron chi connectivity index (χ0n) is 17.7. The fourth-order valence-electron chi connectivity index (χ4n) is 3.21. The van der Waals surface area contributed by atoms with Gasteiger partial charge in [-0.1, -0.05) is 18.2 Å². The smallest absolute Gasteiger partial charge is 0.347 e. The van der Waals surface area contributed by atoms with E-state index in [0.717, 1.165) is 0 Å². The van der Waals surface area contributed by atoms with Crippen LogP contribution in [-0.2, 0) is 0 Å². The van der Waals surface area contributed by atoms with Crippen molar-refractivity contribution < 1.29 is 28.2 Å². The minimum atomic E-state index is -0.584. The second-order valence-electron chi connectivity index (χ2n) is 6.85. The highest BCUT2D eigenvalue weighted by molar-refractivity contribution is 5.94. The molecule has 0 saturated carbocycles. The van der Waals surface area contributed by atoms with E-state index >= 15 is 0 Å². The molecule has 1 heterocycles. The number of para-hydroxylation sites is 1. The maximum absolute atomic E-state index is 13.0. The second-order valence-corrected chi connectivity index (χ2v) is 6.85. The Labute approximate surface area is 183 Å². The van der Waals surface area contributed by atoms with E-state index < -0.39 is 5.97 Å². The molecule has 0 N–H and O–H groups in total. The Bertz CT molecular complexity index is 1350. The molecule has 0 fully saturated rings. The molecule has 0 aliphatic rings. The summed E-state index contributed by atoms with van der Waals surface area (Å²) >= 11 is 0. The van der Waals surface area contributed by atoms with E-state index in [-0.39, 0.29) is 28.1 Å². The van der Waals surface area contributed by atoms with Crippen molar-refractivity contribution in [2.75, 3.05) is 14.2 Å². The summed E-state index contributed by atoms with van der Waals surface area (Å²) in [5, 5.41) is 0.297. The SMILES string of the molecule is COc1cccc(Oc2c(C)oc3cc(OC(=O)c4ccccc4OC)ccc3c2=O)c1. The maximum Gasteiger partial charge on any atom is 0.347 e. The maximum atomic E-state index is 13.0. The average Bonchev–Trinajstić information content (AvgIpc) is 2.81. The van der Waals surface area contributed by atoms with Crippen LogP contribution in [0.25, 0.3) is 11.0 Å². The molecule has 1 aromatic heterocycles. The number of aryl methyl sites for hydroxylation is 1. The third kappa shape index (κ3) is 4.13. The van der Waals surface area contributed by atoms with Gasteiger partial charge in [-0.25, -0.2) is 4.79 Å². The van der Waals surface area contributed by atoms with Crippen molar-refractivity contribution in [1.82, 2.24) is 0 Å². The van der Waals surface area contributed by atoms with Gasteiger partial charge in [0.1, 0.15) is 39.9 Å². The Morgan fingerprint density at radius 3 is 2.41 bits per heavy atom. The third-order valence-corrected chi connectivity index (χ3v) is 4.79. The Morgan fingerprint density at radius 2 is 1.62 bits per heavy atom. The fourth-order valence-corrected chi connectivity index (χ4v) is 3.21. The number of fused-ring (bicyclic) bond motifs is 1. The van der Waals surface area contributed by atoms with Gasteiger partial charge in [0.25, 0.3) is 0 Å². The lowest BCUT2D eigenvalue weighted by molar-refractivity contribution is 0.0731. The number of hydrogen-bond donors (Lipinski definition) is 0. The number of hydrogen-bond acceptors (Lipinski definition) is 7. The van der Waals surface area contributed by atoms with Crippen LogP contribution in [0.1, 0.15) is 16.1 Å². The summed E-state index contributed by atoms with van der Waals surface area (Å²) in [6.45, 7) is 1.63. The van der Waals surface area contributed by atoms with Crippen molar-refractivity contribution in [2.24, 2.45) is 0 Å². The van der Waals surface area contributed by atoms with Gasteiger partial charge in [-0.15, -0.1) is 0 Å². The molecule has 4 rings (SSSR count). The number of esters is 1. The van der Waals surface area contributed by atoms with Gasteiger partial charge >= 0.3 is 5.97 Å². The standard InChI is InChI=1S/C25H20O7/c1-15-24(31-17-8-6-7-16(13-17)28-2)23(26)19-12-11-18(14-22(19)30-15)32-25(27)20-9-4-5-10-21(20)29-3/h4-14H,1-3H3. The third-order valence-electron chi connectivity index (χ3n) is 4.79. The lowest BCUT2D eigenvalue weighted by Crippen LogP contribution is -2.11. The van der Waals surface area contributed by atoms with Crippen LogP contribution in [0, 0.1) is 6.92 Å². The van der Waals surface area contributed by atoms with Crippen molar-refractivity contribution in [3.05, 3.63) is 88.3 Å². The molecule has 4 aromatic rings. The Morgan fingerprint density at radius 1 is 0.844 bits per heavy atom. The molecule has 0 bridgehead atoms. The van der Waals surface area contributed by atoms with Gasteiger partial charge in [0.2, 0.25) is 11.2 Å². The normalized spacial score (nSPS) is 10.6. The van der Waals surface area contributed by atoms with Crippen LogP contribution in [0.15, 0.2) is 75.9 Å². The van der Waals surface area contributed by atoms with Gasteiger partial charge in [-0.05, 0) is 43.3 Å². The monoisotopic (exact) mass is 432 g/mol. The number of carbonyl (C=O) groups is 1. The first kappa shape index (κ1) is 21.0. The summed E-state index contributed by atoms with van der Waals surface area (Å²) in [4.78, 5) is 25.6. The van der Waals surface area contributed by atoms with Crippen molar-refractivity contribution >= 4 is 16.9 Å². The van der Waals surface area contributed by atoms with E-state index in [1.165, 1.54) is 25.3 Å². The highest BCUT2D eigenvalue weighted by Crippen LogP contribution is 2.29. The minimum Gasteiger partial charge on any atom is -0.497 e. The first-order chi connectivity index (χ1) is 15.5. The van der Waals surface area contributed by atoms with E-state index in [2.05, 4.69) is 0 Å². The molecule has 7 heteroatoms. The van der Waals surface area contributed by atoms with Gasteiger partial charge in [0, 0.05) is 12.1 Å². The summed E-state index contributed by atoms with van der Waals surface area (Å²) in [5.41, 5.74) is 0.222. The lowest BCUT2D eigenvalue weighted by atomic mass is 10.2. The van der Waals surface area contributed by atoms with Crippen LogP contribution >= 0.6 is 0 Å². The van der Waals surface area contributed by atoms with E-state index in [1.807, 2.05) is 0 Å². The Balaban J connectivity index is 1.65. The van der Waals surface area contributed by atoms with Gasteiger partial charge in [0.05, 0.1) is 19.6 Å². The molecular weight excluding hydrogens is 412 g/mol. The summed E-state index contributed by atoms with van der Waals surface area (Å²) in [6.07, 6.45) is 0. The molecule has 0 unspecified atom stereocenters. The summed E-state index contributed by atoms with van der Waals surface area (Å²) in [6, 6.07) is 18.2. The van der Waals surface area contributed by atoms with E-state index in [1.54, 1.807) is 62.6 Å². The van der Waals surface area contributed by atoms with Crippen molar-refractivity contribution in [2.45, 2.75) is 6.92 Å². The predicted octanol–water partition coefficient (Wildman–Crippen LogP) is 5.13. The summed E-state index contributed by atoms with van der Waals surface area (Å²) in [7, 11) is 3.03. The largest absolute Gasteiger partial charge is 0.497 e. The van der Waals surface area contributed by atoms with Crippen LogP contribution in [-0.4, -0.2) is 20.2 Å². The quantitative estimate of drug-likeness (QED) is 0.308. The van der Waals surface area contributed by atoms with Crippen LogP contribution in [0.4, 0.5) is 0 Å². The molecule has 0 aliphatic heterocycles. The van der Waals surface area contributed by atoms with E-state index in [0.29, 0.717) is 28.4 Å². The van der Waals surface area contributed by atoms with Crippen LogP contribution < -0.4 is 24.4 Å². The first-order valence-electron chi connectivity index (χ1n) is 9.74. The lowest BCUT2D eigenvalue weighted by Gasteiger charge is -2.11. The number of rotatable bonds is 6. The molecule has 32 heavy (non-hydrogen) atoms. The number of carbonyl (C=O) groups excluding carboxylic acids is 1. The highest BCUT2D eigenvalue weighted by atomic mass is 16.5. The van der Waals surface area contributed by atoms with E-state index in [9.17, 15) is 9.59 Å². The molecule has 3 aromatic carbocycles. The molecule has 0 amide bonds. The van der Waals surface area contributed by atoms with Crippen molar-refractivity contribution in [1.29, 1.82) is 0 Å². The molecule has 0 saturated heterocycles. The topological polar surface area (TPSA) is 84.2 Å². The molecule has 7 nitrogen and oxygen atoms in total. The first-order valence-corrected chi connectivity index (χ1v) is 9.74. The second kappa shape index (κ2) is 8.85. The highest BCUT2D eigenvalue weighted by Gasteiger charge is 2.17. The molecule has 0 spiro atoms. The molecule has 0 aliphatic carbocycles. The van der Waals surface area contributed by atoms with Crippen LogP contribution in [0.2, 0.25) is 0 Å². The van der Waals surface area contributed by atoms with E-state index in [4.69, 9.17) is 23.4 Å². The molecule has 0 atom stereocenters. The minimum absolute atomic E-state index is 0.0736. The zero-order chi connectivity index (χ0) is 22.7. The number of benzene rings is 3. The molecule has 0 radical (unpaired) electrons. The Kier molecular flexibility index (Phi) is 5.81. The summed E-state index contributed by atoms with van der Waals surface area (Å²) < 4.78 is 27.4. The van der Waals surface area contributed by atoms with Gasteiger partial charge < -0.3 is 23.4 Å². The number of ether oxygens (including phenoxy) is 4. The average molecular weight is 432 g/mol.